The molecular formula is C18H22N4O3. The van der Waals surface area contributed by atoms with E-state index < -0.39 is 4.92 Å². The first-order valence-electron chi connectivity index (χ1n) is 8.48. The molecule has 1 aromatic heterocycles. The second kappa shape index (κ2) is 6.66. The van der Waals surface area contributed by atoms with E-state index in [0.717, 1.165) is 18.5 Å². The molecule has 2 aromatic rings. The van der Waals surface area contributed by atoms with E-state index in [2.05, 4.69) is 24.3 Å². The first-order chi connectivity index (χ1) is 11.9. The molecule has 1 amide bonds. The van der Waals surface area contributed by atoms with Crippen LogP contribution in [0.1, 0.15) is 53.5 Å². The number of amides is 1. The average Bonchev–Trinajstić information content (AvgIpc) is 2.97. The molecule has 7 nitrogen and oxygen atoms in total. The lowest BCUT2D eigenvalue weighted by Gasteiger charge is -2.25. The van der Waals surface area contributed by atoms with Gasteiger partial charge >= 0.3 is 0 Å². The van der Waals surface area contributed by atoms with Crippen molar-refractivity contribution in [3.05, 3.63) is 56.9 Å². The Morgan fingerprint density at radius 1 is 1.44 bits per heavy atom. The van der Waals surface area contributed by atoms with Crippen molar-refractivity contribution in [2.45, 2.75) is 52.1 Å². The number of benzene rings is 1. The molecule has 1 atom stereocenters. The second-order valence-corrected chi connectivity index (χ2v) is 6.79. The highest BCUT2D eigenvalue weighted by Crippen LogP contribution is 2.25. The number of fused-ring (bicyclic) bond motifs is 1. The summed E-state index contributed by atoms with van der Waals surface area (Å²) >= 11 is 0. The van der Waals surface area contributed by atoms with Crippen LogP contribution in [0.15, 0.2) is 24.4 Å². The van der Waals surface area contributed by atoms with Crippen LogP contribution in [0.4, 0.5) is 5.69 Å². The zero-order chi connectivity index (χ0) is 18.1. The Kier molecular flexibility index (Phi) is 4.57. The minimum atomic E-state index is -0.505. The first-order valence-corrected chi connectivity index (χ1v) is 8.48. The molecule has 0 aliphatic heterocycles. The molecule has 0 saturated carbocycles. The Balaban J connectivity index is 1.81. The third-order valence-corrected chi connectivity index (χ3v) is 4.69. The van der Waals surface area contributed by atoms with Crippen molar-refractivity contribution in [2.24, 2.45) is 0 Å². The van der Waals surface area contributed by atoms with Crippen LogP contribution in [0.25, 0.3) is 0 Å². The molecule has 25 heavy (non-hydrogen) atoms. The third kappa shape index (κ3) is 3.26. The largest absolute Gasteiger partial charge is 0.349 e. The molecule has 3 rings (SSSR count). The van der Waals surface area contributed by atoms with E-state index in [1.54, 1.807) is 19.1 Å². The van der Waals surface area contributed by atoms with Crippen LogP contribution in [0, 0.1) is 17.0 Å². The van der Waals surface area contributed by atoms with E-state index in [9.17, 15) is 14.9 Å². The highest BCUT2D eigenvalue weighted by Gasteiger charge is 2.28. The monoisotopic (exact) mass is 342 g/mol. The Bertz CT molecular complexity index is 826. The fraction of sp³-hybridized carbons (Fsp3) is 0.444. The number of hydrogen-bond donors (Lipinski definition) is 1. The normalized spacial score (nSPS) is 16.6. The van der Waals surface area contributed by atoms with Gasteiger partial charge in [-0.25, -0.2) is 0 Å². The van der Waals surface area contributed by atoms with Crippen LogP contribution < -0.4 is 5.32 Å². The van der Waals surface area contributed by atoms with Crippen LogP contribution in [-0.4, -0.2) is 26.7 Å². The van der Waals surface area contributed by atoms with Crippen molar-refractivity contribution >= 4 is 11.6 Å². The Morgan fingerprint density at radius 2 is 2.20 bits per heavy atom. The molecule has 7 heteroatoms. The molecule has 0 saturated heterocycles. The number of nitrogens with zero attached hydrogens (tertiary/aromatic N) is 3. The van der Waals surface area contributed by atoms with E-state index in [4.69, 9.17) is 0 Å². The molecule has 0 spiro atoms. The minimum Gasteiger partial charge on any atom is -0.349 e. The standard InChI is InChI=1S/C18H22N4O3/c1-11(2)21-16-9-14(8-7-13(16)10-19-21)20-18(23)17-12(3)5-4-6-15(17)22(24)25/h4-6,10-11,14H,7-9H2,1-3H3,(H,20,23)/t14-/m0/s1. The van der Waals surface area contributed by atoms with Gasteiger partial charge in [-0.2, -0.15) is 5.10 Å². The highest BCUT2D eigenvalue weighted by atomic mass is 16.6. The quantitative estimate of drug-likeness (QED) is 0.683. The van der Waals surface area contributed by atoms with Crippen LogP contribution in [0.3, 0.4) is 0 Å². The lowest BCUT2D eigenvalue weighted by atomic mass is 9.92. The molecule has 132 valence electrons. The summed E-state index contributed by atoms with van der Waals surface area (Å²) in [5, 5.41) is 18.7. The first kappa shape index (κ1) is 17.1. The maximum Gasteiger partial charge on any atom is 0.282 e. The van der Waals surface area contributed by atoms with Crippen LogP contribution >= 0.6 is 0 Å². The number of carbonyl (C=O) groups is 1. The van der Waals surface area contributed by atoms with E-state index in [1.807, 2.05) is 10.9 Å². The van der Waals surface area contributed by atoms with Crippen LogP contribution in [-0.2, 0) is 12.8 Å². The summed E-state index contributed by atoms with van der Waals surface area (Å²) in [4.78, 5) is 23.4. The molecule has 0 unspecified atom stereocenters. The molecule has 1 heterocycles. The molecular weight excluding hydrogens is 320 g/mol. The number of nitro benzene ring substituents is 1. The second-order valence-electron chi connectivity index (χ2n) is 6.79. The fourth-order valence-corrected chi connectivity index (χ4v) is 3.45. The van der Waals surface area contributed by atoms with E-state index in [1.165, 1.54) is 11.6 Å². The number of nitrogens with one attached hydrogen (secondary N) is 1. The van der Waals surface area contributed by atoms with Gasteiger partial charge in [0.05, 0.1) is 11.1 Å². The van der Waals surface area contributed by atoms with Gasteiger partial charge < -0.3 is 5.32 Å². The van der Waals surface area contributed by atoms with Gasteiger partial charge in [-0.05, 0) is 44.7 Å². The maximum absolute atomic E-state index is 12.7. The molecule has 0 fully saturated rings. The van der Waals surface area contributed by atoms with Crippen molar-refractivity contribution < 1.29 is 9.72 Å². The number of aromatic nitrogens is 2. The zero-order valence-electron chi connectivity index (χ0n) is 14.7. The smallest absolute Gasteiger partial charge is 0.282 e. The lowest BCUT2D eigenvalue weighted by molar-refractivity contribution is -0.385. The van der Waals surface area contributed by atoms with Crippen molar-refractivity contribution in [2.75, 3.05) is 0 Å². The predicted molar refractivity (Wildman–Crippen MR) is 93.7 cm³/mol. The summed E-state index contributed by atoms with van der Waals surface area (Å²) < 4.78 is 1.99. The molecule has 0 radical (unpaired) electrons. The van der Waals surface area contributed by atoms with Crippen LogP contribution in [0.5, 0.6) is 0 Å². The summed E-state index contributed by atoms with van der Waals surface area (Å²) in [5.74, 6) is -0.381. The van der Waals surface area contributed by atoms with Crippen molar-refractivity contribution in [3.8, 4) is 0 Å². The van der Waals surface area contributed by atoms with Gasteiger partial charge in [0, 0.05) is 30.3 Å². The van der Waals surface area contributed by atoms with E-state index in [0.29, 0.717) is 12.0 Å². The molecule has 1 aliphatic carbocycles. The number of rotatable bonds is 4. The lowest BCUT2D eigenvalue weighted by Crippen LogP contribution is -2.40. The number of hydrogen-bond acceptors (Lipinski definition) is 4. The topological polar surface area (TPSA) is 90.1 Å². The Labute approximate surface area is 146 Å². The number of nitro groups is 1. The highest BCUT2D eigenvalue weighted by molar-refractivity contribution is 5.99. The third-order valence-electron chi connectivity index (χ3n) is 4.69. The minimum absolute atomic E-state index is 0.0478. The number of carbonyl (C=O) groups excluding carboxylic acids is 1. The van der Waals surface area contributed by atoms with Gasteiger partial charge in [0.1, 0.15) is 5.56 Å². The van der Waals surface area contributed by atoms with Gasteiger partial charge in [0.2, 0.25) is 0 Å². The maximum atomic E-state index is 12.7. The predicted octanol–water partition coefficient (Wildman–Crippen LogP) is 2.97. The van der Waals surface area contributed by atoms with Gasteiger partial charge in [-0.15, -0.1) is 0 Å². The molecule has 1 N–H and O–H groups in total. The summed E-state index contributed by atoms with van der Waals surface area (Å²) in [6.45, 7) is 5.87. The van der Waals surface area contributed by atoms with E-state index in [-0.39, 0.29) is 29.2 Å². The summed E-state index contributed by atoms with van der Waals surface area (Å²) in [7, 11) is 0. The van der Waals surface area contributed by atoms with Gasteiger partial charge in [0.25, 0.3) is 11.6 Å². The van der Waals surface area contributed by atoms with Crippen molar-refractivity contribution in [1.29, 1.82) is 0 Å². The SMILES string of the molecule is Cc1cccc([N+](=O)[O-])c1C(=O)N[C@H]1CCc2cnn(C(C)C)c2C1. The average molecular weight is 342 g/mol. The zero-order valence-corrected chi connectivity index (χ0v) is 14.7. The Hall–Kier alpha value is -2.70. The van der Waals surface area contributed by atoms with Gasteiger partial charge in [-0.3, -0.25) is 19.6 Å². The summed E-state index contributed by atoms with van der Waals surface area (Å²) in [6.07, 6.45) is 4.25. The molecule has 0 bridgehead atoms. The van der Waals surface area contributed by atoms with E-state index >= 15 is 0 Å². The number of aryl methyl sites for hydroxylation is 2. The van der Waals surface area contributed by atoms with Gasteiger partial charge in [-0.1, -0.05) is 12.1 Å². The summed E-state index contributed by atoms with van der Waals surface area (Å²) in [5.41, 5.74) is 2.97. The van der Waals surface area contributed by atoms with Gasteiger partial charge in [0.15, 0.2) is 0 Å². The van der Waals surface area contributed by atoms with Crippen LogP contribution in [0.2, 0.25) is 0 Å². The summed E-state index contributed by atoms with van der Waals surface area (Å²) in [6, 6.07) is 4.89. The Morgan fingerprint density at radius 3 is 2.88 bits per heavy atom. The molecule has 1 aliphatic rings. The fourth-order valence-electron chi connectivity index (χ4n) is 3.45. The van der Waals surface area contributed by atoms with Crippen molar-refractivity contribution in [1.82, 2.24) is 15.1 Å². The molecule has 1 aromatic carbocycles. The van der Waals surface area contributed by atoms with Crippen molar-refractivity contribution in [3.63, 3.8) is 0 Å².